The molecule has 0 saturated carbocycles. The summed E-state index contributed by atoms with van der Waals surface area (Å²) in [6.07, 6.45) is 0.702. The van der Waals surface area contributed by atoms with Gasteiger partial charge in [-0.1, -0.05) is 0 Å². The highest BCUT2D eigenvalue weighted by Gasteiger charge is 2.37. The molecular weight excluding hydrogens is 429 g/mol. The summed E-state index contributed by atoms with van der Waals surface area (Å²) in [5, 5.41) is 0. The zero-order valence-electron chi connectivity index (χ0n) is 17.8. The first-order valence-corrected chi connectivity index (χ1v) is 11.8. The van der Waals surface area contributed by atoms with Crippen molar-refractivity contribution in [2.24, 2.45) is 5.92 Å². The van der Waals surface area contributed by atoms with Crippen LogP contribution >= 0.6 is 0 Å². The average molecular weight is 458 g/mol. The molecule has 9 nitrogen and oxygen atoms in total. The maximum Gasteiger partial charge on any atom is 0.409 e. The Morgan fingerprint density at radius 1 is 1.13 bits per heavy atom. The van der Waals surface area contributed by atoms with Gasteiger partial charge in [0.15, 0.2) is 0 Å². The molecule has 2 fully saturated rings. The van der Waals surface area contributed by atoms with E-state index in [1.54, 1.807) is 16.7 Å². The molecule has 0 bridgehead atoms. The number of sulfonamides is 1. The Labute approximate surface area is 181 Å². The van der Waals surface area contributed by atoms with Crippen molar-refractivity contribution >= 4 is 22.0 Å². The number of hydrogen-bond donors (Lipinski definition) is 0. The number of piperidine rings is 1. The molecule has 2 heterocycles. The number of hydrogen-bond acceptors (Lipinski definition) is 6. The molecule has 0 aromatic heterocycles. The molecule has 0 radical (unpaired) electrons. The number of carbonyl (C=O) groups excluding carboxylic acids is 2. The van der Waals surface area contributed by atoms with Crippen LogP contribution in [0.3, 0.4) is 0 Å². The highest BCUT2D eigenvalue weighted by molar-refractivity contribution is 7.89. The van der Waals surface area contributed by atoms with Gasteiger partial charge in [-0.15, -0.1) is 0 Å². The largest absolute Gasteiger partial charge is 0.495 e. The van der Waals surface area contributed by atoms with Crippen molar-refractivity contribution in [2.45, 2.75) is 24.7 Å². The Bertz CT molecular complexity index is 917. The molecule has 172 valence electrons. The molecule has 2 amide bonds. The second kappa shape index (κ2) is 9.82. The van der Waals surface area contributed by atoms with E-state index in [0.717, 1.165) is 12.1 Å². The van der Waals surface area contributed by atoms with Crippen LogP contribution in [0.15, 0.2) is 23.1 Å². The number of ether oxygens (including phenoxy) is 2. The van der Waals surface area contributed by atoms with E-state index in [1.807, 2.05) is 0 Å². The van der Waals surface area contributed by atoms with E-state index < -0.39 is 27.9 Å². The molecular formula is C20H28FN3O6S. The zero-order valence-corrected chi connectivity index (χ0v) is 18.6. The first kappa shape index (κ1) is 23.3. The fourth-order valence-electron chi connectivity index (χ4n) is 3.94. The van der Waals surface area contributed by atoms with Crippen molar-refractivity contribution < 1.29 is 31.9 Å². The third-order valence-corrected chi connectivity index (χ3v) is 7.48. The average Bonchev–Trinajstić information content (AvgIpc) is 2.79. The van der Waals surface area contributed by atoms with Gasteiger partial charge >= 0.3 is 6.09 Å². The van der Waals surface area contributed by atoms with Gasteiger partial charge in [0.05, 0.1) is 19.6 Å². The lowest BCUT2D eigenvalue weighted by atomic mass is 9.98. The number of halogens is 1. The van der Waals surface area contributed by atoms with Crippen molar-refractivity contribution in [3.05, 3.63) is 24.0 Å². The summed E-state index contributed by atoms with van der Waals surface area (Å²) in [6, 6.07) is 3.35. The monoisotopic (exact) mass is 457 g/mol. The third kappa shape index (κ3) is 5.09. The van der Waals surface area contributed by atoms with E-state index in [4.69, 9.17) is 9.47 Å². The zero-order chi connectivity index (χ0) is 22.6. The molecule has 2 saturated heterocycles. The maximum absolute atomic E-state index is 13.7. The third-order valence-electron chi connectivity index (χ3n) is 5.59. The van der Waals surface area contributed by atoms with Gasteiger partial charge in [0.25, 0.3) is 0 Å². The molecule has 2 aliphatic heterocycles. The summed E-state index contributed by atoms with van der Waals surface area (Å²) in [7, 11) is -2.70. The minimum atomic E-state index is -4.02. The SMILES string of the molecule is CCOC(=O)N1CCN(C(=O)[C@@H]2CCCN(S(=O)(=O)c3cc(F)ccc3OC)C2)CC1. The van der Waals surface area contributed by atoms with E-state index in [2.05, 4.69) is 0 Å². The van der Waals surface area contributed by atoms with Gasteiger partial charge in [0, 0.05) is 39.3 Å². The van der Waals surface area contributed by atoms with Crippen LogP contribution in [0.1, 0.15) is 19.8 Å². The quantitative estimate of drug-likeness (QED) is 0.666. The summed E-state index contributed by atoms with van der Waals surface area (Å²) < 4.78 is 51.3. The van der Waals surface area contributed by atoms with Gasteiger partial charge in [-0.3, -0.25) is 4.79 Å². The van der Waals surface area contributed by atoms with E-state index in [9.17, 15) is 22.4 Å². The summed E-state index contributed by atoms with van der Waals surface area (Å²) in [5.41, 5.74) is 0. The van der Waals surface area contributed by atoms with Crippen LogP contribution in [0.4, 0.5) is 9.18 Å². The van der Waals surface area contributed by atoms with E-state index >= 15 is 0 Å². The molecule has 1 atom stereocenters. The van der Waals surface area contributed by atoms with Crippen molar-refractivity contribution in [3.8, 4) is 5.75 Å². The van der Waals surface area contributed by atoms with E-state index in [0.29, 0.717) is 45.6 Å². The highest BCUT2D eigenvalue weighted by Crippen LogP contribution is 2.31. The predicted octanol–water partition coefficient (Wildman–Crippen LogP) is 1.54. The molecule has 0 unspecified atom stereocenters. The highest BCUT2D eigenvalue weighted by atomic mass is 32.2. The predicted molar refractivity (Wildman–Crippen MR) is 110 cm³/mol. The first-order chi connectivity index (χ1) is 14.8. The van der Waals surface area contributed by atoms with Gasteiger partial charge in [-0.25, -0.2) is 17.6 Å². The maximum atomic E-state index is 13.7. The second-order valence-electron chi connectivity index (χ2n) is 7.51. The number of amides is 2. The lowest BCUT2D eigenvalue weighted by Gasteiger charge is -2.38. The Kier molecular flexibility index (Phi) is 7.37. The molecule has 1 aromatic carbocycles. The lowest BCUT2D eigenvalue weighted by molar-refractivity contribution is -0.138. The molecule has 0 N–H and O–H groups in total. The Hall–Kier alpha value is -2.40. The van der Waals surface area contributed by atoms with E-state index in [-0.39, 0.29) is 29.6 Å². The minimum absolute atomic E-state index is 0.0267. The summed E-state index contributed by atoms with van der Waals surface area (Å²) >= 11 is 0. The molecule has 11 heteroatoms. The summed E-state index contributed by atoms with van der Waals surface area (Å²) in [6.45, 7) is 3.80. The topological polar surface area (TPSA) is 96.5 Å². The van der Waals surface area contributed by atoms with Crippen LogP contribution in [0.2, 0.25) is 0 Å². The molecule has 31 heavy (non-hydrogen) atoms. The smallest absolute Gasteiger partial charge is 0.409 e. The van der Waals surface area contributed by atoms with Crippen LogP contribution in [0.5, 0.6) is 5.75 Å². The number of nitrogens with zero attached hydrogens (tertiary/aromatic N) is 3. The number of carbonyl (C=O) groups is 2. The van der Waals surface area contributed by atoms with Crippen molar-refractivity contribution in [2.75, 3.05) is 53.0 Å². The number of methoxy groups -OCH3 is 1. The van der Waals surface area contributed by atoms with Gasteiger partial charge in [-0.05, 0) is 38.0 Å². The van der Waals surface area contributed by atoms with Crippen LogP contribution < -0.4 is 4.74 Å². The fourth-order valence-corrected chi connectivity index (χ4v) is 5.63. The number of rotatable bonds is 5. The van der Waals surface area contributed by atoms with Crippen molar-refractivity contribution in [3.63, 3.8) is 0 Å². The number of piperazine rings is 1. The van der Waals surface area contributed by atoms with Crippen LogP contribution in [-0.2, 0) is 19.6 Å². The lowest BCUT2D eigenvalue weighted by Crippen LogP contribution is -2.54. The van der Waals surface area contributed by atoms with Gasteiger partial charge < -0.3 is 19.3 Å². The summed E-state index contributed by atoms with van der Waals surface area (Å²) in [5.74, 6) is -1.24. The number of benzene rings is 1. The van der Waals surface area contributed by atoms with Crippen molar-refractivity contribution in [1.29, 1.82) is 0 Å². The Balaban J connectivity index is 1.67. The molecule has 1 aromatic rings. The molecule has 3 rings (SSSR count). The Morgan fingerprint density at radius 3 is 2.45 bits per heavy atom. The van der Waals surface area contributed by atoms with Crippen molar-refractivity contribution in [1.82, 2.24) is 14.1 Å². The van der Waals surface area contributed by atoms with Crippen LogP contribution in [-0.4, -0.2) is 87.5 Å². The van der Waals surface area contributed by atoms with Gasteiger partial charge in [-0.2, -0.15) is 4.31 Å². The fraction of sp³-hybridized carbons (Fsp3) is 0.600. The second-order valence-corrected chi connectivity index (χ2v) is 9.41. The minimum Gasteiger partial charge on any atom is -0.495 e. The standard InChI is InChI=1S/C20H28FN3O6S/c1-3-30-20(26)23-11-9-22(10-12-23)19(25)15-5-4-8-24(14-15)31(27,28)18-13-16(21)6-7-17(18)29-2/h6-7,13,15H,3-5,8-12,14H2,1-2H3/t15-/m1/s1. The molecule has 0 aliphatic carbocycles. The summed E-state index contributed by atoms with van der Waals surface area (Å²) in [4.78, 5) is 27.8. The Morgan fingerprint density at radius 2 is 1.81 bits per heavy atom. The molecule has 2 aliphatic rings. The normalized spacial score (nSPS) is 20.4. The first-order valence-electron chi connectivity index (χ1n) is 10.3. The van der Waals surface area contributed by atoms with Gasteiger partial charge in [0.2, 0.25) is 15.9 Å². The van der Waals surface area contributed by atoms with Crippen LogP contribution in [0, 0.1) is 11.7 Å². The molecule has 0 spiro atoms. The van der Waals surface area contributed by atoms with Crippen LogP contribution in [0.25, 0.3) is 0 Å². The van der Waals surface area contributed by atoms with E-state index in [1.165, 1.54) is 17.5 Å². The van der Waals surface area contributed by atoms with Gasteiger partial charge in [0.1, 0.15) is 16.5 Å².